The van der Waals surface area contributed by atoms with E-state index in [2.05, 4.69) is 5.32 Å². The van der Waals surface area contributed by atoms with Crippen LogP contribution in [0, 0.1) is 5.82 Å². The fourth-order valence-electron chi connectivity index (χ4n) is 4.49. The number of ketones is 1. The molecule has 10 heteroatoms. The maximum Gasteiger partial charge on any atom is 0.408 e. The number of benzene rings is 2. The Balaban J connectivity index is 1.91. The number of hydrogen-bond acceptors (Lipinski definition) is 6. The average Bonchev–Trinajstić information content (AvgIpc) is 3.64. The average molecular weight is 569 g/mol. The van der Waals surface area contributed by atoms with Crippen LogP contribution in [0.25, 0.3) is 11.1 Å². The van der Waals surface area contributed by atoms with Crippen molar-refractivity contribution in [3.8, 4) is 11.1 Å². The van der Waals surface area contributed by atoms with Crippen molar-refractivity contribution >= 4 is 21.7 Å². The number of alkyl carbamates (subject to hydrolysis) is 1. The highest BCUT2D eigenvalue weighted by Crippen LogP contribution is 2.52. The van der Waals surface area contributed by atoms with Gasteiger partial charge in [0.25, 0.3) is 5.56 Å². The summed E-state index contributed by atoms with van der Waals surface area (Å²) in [6.45, 7) is 7.02. The van der Waals surface area contributed by atoms with Crippen LogP contribution < -0.4 is 10.9 Å². The standard InChI is InChI=1S/C30H33FN2O6S/c1-6-40(37,38)18-19-7-12-22(27(35)20-8-10-21(31)11-9-20)23(15-19)24-17-33(5)26(34)16-25(24)30(13-14-30)39-28(36)32-29(2,3)4/h7-12,15-17H,6,13-14,18H2,1-5H3,(H,32,36). The first-order valence-electron chi connectivity index (χ1n) is 13.0. The Bertz CT molecular complexity index is 1630. The second-order valence-corrected chi connectivity index (χ2v) is 13.6. The minimum atomic E-state index is -3.40. The molecular weight excluding hydrogens is 535 g/mol. The maximum atomic E-state index is 13.7. The van der Waals surface area contributed by atoms with E-state index >= 15 is 0 Å². The summed E-state index contributed by atoms with van der Waals surface area (Å²) in [5, 5.41) is 2.77. The summed E-state index contributed by atoms with van der Waals surface area (Å²) in [7, 11) is -1.83. The summed E-state index contributed by atoms with van der Waals surface area (Å²) < 4.78 is 45.7. The van der Waals surface area contributed by atoms with Crippen LogP contribution in [-0.4, -0.2) is 36.2 Å². The molecule has 3 aromatic rings. The van der Waals surface area contributed by atoms with Crippen LogP contribution in [0.2, 0.25) is 0 Å². The summed E-state index contributed by atoms with van der Waals surface area (Å²) in [6, 6.07) is 11.3. The number of carbonyl (C=O) groups is 2. The number of halogens is 1. The summed E-state index contributed by atoms with van der Waals surface area (Å²) in [6.07, 6.45) is 1.87. The van der Waals surface area contributed by atoms with Crippen molar-refractivity contribution in [1.29, 1.82) is 0 Å². The molecule has 0 saturated heterocycles. The number of nitrogens with zero attached hydrogens (tertiary/aromatic N) is 1. The van der Waals surface area contributed by atoms with Gasteiger partial charge in [-0.3, -0.25) is 9.59 Å². The third kappa shape index (κ3) is 6.50. The highest BCUT2D eigenvalue weighted by molar-refractivity contribution is 7.90. The van der Waals surface area contributed by atoms with E-state index in [1.54, 1.807) is 38.4 Å². The zero-order chi connectivity index (χ0) is 29.5. The lowest BCUT2D eigenvalue weighted by atomic mass is 9.89. The van der Waals surface area contributed by atoms with Gasteiger partial charge >= 0.3 is 6.09 Å². The van der Waals surface area contributed by atoms with Gasteiger partial charge < -0.3 is 14.6 Å². The number of carbonyl (C=O) groups excluding carboxylic acids is 2. The zero-order valence-corrected chi connectivity index (χ0v) is 24.0. The van der Waals surface area contributed by atoms with Gasteiger partial charge in [0, 0.05) is 52.9 Å². The molecule has 40 heavy (non-hydrogen) atoms. The van der Waals surface area contributed by atoms with Gasteiger partial charge in [-0.25, -0.2) is 17.6 Å². The first-order valence-corrected chi connectivity index (χ1v) is 14.8. The largest absolute Gasteiger partial charge is 0.438 e. The van der Waals surface area contributed by atoms with E-state index in [9.17, 15) is 27.2 Å². The smallest absolute Gasteiger partial charge is 0.408 e. The van der Waals surface area contributed by atoms with Crippen LogP contribution >= 0.6 is 0 Å². The van der Waals surface area contributed by atoms with Gasteiger partial charge in [-0.1, -0.05) is 19.1 Å². The number of rotatable bonds is 8. The normalized spacial score (nSPS) is 14.4. The second-order valence-electron chi connectivity index (χ2n) is 11.2. The Kier molecular flexibility index (Phi) is 7.77. The molecule has 1 aliphatic rings. The maximum absolute atomic E-state index is 13.7. The summed E-state index contributed by atoms with van der Waals surface area (Å²) in [5.74, 6) is -1.18. The van der Waals surface area contributed by atoms with E-state index in [4.69, 9.17) is 4.74 Å². The highest BCUT2D eigenvalue weighted by Gasteiger charge is 2.51. The zero-order valence-electron chi connectivity index (χ0n) is 23.2. The fourth-order valence-corrected chi connectivity index (χ4v) is 5.38. The molecule has 1 fully saturated rings. The molecule has 1 saturated carbocycles. The van der Waals surface area contributed by atoms with E-state index in [0.29, 0.717) is 35.1 Å². The molecule has 0 spiro atoms. The molecule has 0 radical (unpaired) electrons. The lowest BCUT2D eigenvalue weighted by Gasteiger charge is -2.25. The number of sulfone groups is 1. The Morgan fingerprint density at radius 1 is 1.05 bits per heavy atom. The molecule has 2 aromatic carbocycles. The molecule has 8 nitrogen and oxygen atoms in total. The summed E-state index contributed by atoms with van der Waals surface area (Å²) >= 11 is 0. The highest BCUT2D eigenvalue weighted by atomic mass is 32.2. The topological polar surface area (TPSA) is 112 Å². The van der Waals surface area contributed by atoms with E-state index in [-0.39, 0.29) is 28.2 Å². The van der Waals surface area contributed by atoms with Crippen molar-refractivity contribution in [2.45, 2.75) is 57.4 Å². The quantitative estimate of drug-likeness (QED) is 0.388. The number of aromatic nitrogens is 1. The molecule has 212 valence electrons. The first kappa shape index (κ1) is 29.2. The van der Waals surface area contributed by atoms with Gasteiger partial charge in [-0.2, -0.15) is 0 Å². The summed E-state index contributed by atoms with van der Waals surface area (Å²) in [4.78, 5) is 39.2. The fraction of sp³-hybridized carbons (Fsp3) is 0.367. The molecule has 0 aliphatic heterocycles. The minimum Gasteiger partial charge on any atom is -0.438 e. The Hall–Kier alpha value is -3.79. The van der Waals surface area contributed by atoms with Crippen molar-refractivity contribution in [1.82, 2.24) is 9.88 Å². The molecule has 0 unspecified atom stereocenters. The van der Waals surface area contributed by atoms with Gasteiger partial charge in [0.05, 0.1) is 5.75 Å². The van der Waals surface area contributed by atoms with Crippen molar-refractivity contribution in [3.05, 3.63) is 93.2 Å². The molecule has 1 amide bonds. The molecule has 0 atom stereocenters. The minimum absolute atomic E-state index is 0.0521. The van der Waals surface area contributed by atoms with E-state index < -0.39 is 38.7 Å². The Labute approximate surface area is 233 Å². The van der Waals surface area contributed by atoms with Crippen molar-refractivity contribution < 1.29 is 27.1 Å². The molecule has 1 heterocycles. The lowest BCUT2D eigenvalue weighted by Crippen LogP contribution is -2.42. The van der Waals surface area contributed by atoms with Crippen molar-refractivity contribution in [2.75, 3.05) is 5.75 Å². The Morgan fingerprint density at radius 2 is 1.70 bits per heavy atom. The molecular formula is C30H33FN2O6S. The SMILES string of the molecule is CCS(=O)(=O)Cc1ccc(C(=O)c2ccc(F)cc2)c(-c2cn(C)c(=O)cc2C2(OC(=O)NC(C)(C)C)CC2)c1. The number of amides is 1. The van der Waals surface area contributed by atoms with Gasteiger partial charge in [0.15, 0.2) is 15.6 Å². The van der Waals surface area contributed by atoms with Crippen LogP contribution in [0.4, 0.5) is 9.18 Å². The number of nitrogens with one attached hydrogen (secondary N) is 1. The third-order valence-electron chi connectivity index (χ3n) is 6.74. The number of aryl methyl sites for hydroxylation is 1. The third-order valence-corrected chi connectivity index (χ3v) is 8.39. The van der Waals surface area contributed by atoms with Crippen LogP contribution in [-0.2, 0) is 33.0 Å². The van der Waals surface area contributed by atoms with Crippen LogP contribution in [0.1, 0.15) is 67.6 Å². The van der Waals surface area contributed by atoms with E-state index in [0.717, 1.165) is 0 Å². The molecule has 1 aromatic heterocycles. The van der Waals surface area contributed by atoms with Crippen LogP contribution in [0.3, 0.4) is 0 Å². The van der Waals surface area contributed by atoms with Crippen LogP contribution in [0.5, 0.6) is 0 Å². The number of ether oxygens (including phenoxy) is 1. The predicted octanol–water partition coefficient (Wildman–Crippen LogP) is 4.87. The number of hydrogen-bond donors (Lipinski definition) is 1. The number of pyridine rings is 1. The van der Waals surface area contributed by atoms with Crippen molar-refractivity contribution in [2.24, 2.45) is 7.05 Å². The van der Waals surface area contributed by atoms with E-state index in [1.807, 2.05) is 20.8 Å². The predicted molar refractivity (Wildman–Crippen MR) is 150 cm³/mol. The Morgan fingerprint density at radius 3 is 2.27 bits per heavy atom. The molecule has 4 rings (SSSR count). The van der Waals surface area contributed by atoms with Crippen LogP contribution in [0.15, 0.2) is 59.5 Å². The first-order chi connectivity index (χ1) is 18.6. The lowest BCUT2D eigenvalue weighted by molar-refractivity contribution is 0.0756. The van der Waals surface area contributed by atoms with Gasteiger partial charge in [0.2, 0.25) is 0 Å². The van der Waals surface area contributed by atoms with Gasteiger partial charge in [-0.05, 0) is 75.1 Å². The molecule has 1 N–H and O–H groups in total. The van der Waals surface area contributed by atoms with E-state index in [1.165, 1.54) is 34.9 Å². The monoisotopic (exact) mass is 568 g/mol. The molecule has 0 bridgehead atoms. The second kappa shape index (κ2) is 10.6. The van der Waals surface area contributed by atoms with Crippen molar-refractivity contribution in [3.63, 3.8) is 0 Å². The van der Waals surface area contributed by atoms with Gasteiger partial charge in [-0.15, -0.1) is 0 Å². The van der Waals surface area contributed by atoms with Gasteiger partial charge in [0.1, 0.15) is 11.4 Å². The summed E-state index contributed by atoms with van der Waals surface area (Å²) in [5.41, 5.74) is 0.257. The molecule has 1 aliphatic carbocycles.